The second-order valence-corrected chi connectivity index (χ2v) is 19.9. The van der Waals surface area contributed by atoms with Crippen molar-refractivity contribution in [2.45, 2.75) is 103 Å². The van der Waals surface area contributed by atoms with Gasteiger partial charge in [0.1, 0.15) is 12.3 Å². The van der Waals surface area contributed by atoms with E-state index in [0.717, 1.165) is 42.2 Å². The number of aromatic nitrogens is 2. The Kier molecular flexibility index (Phi) is 8.62. The van der Waals surface area contributed by atoms with Gasteiger partial charge in [-0.05, 0) is 88.8 Å². The highest BCUT2D eigenvalue weighted by atomic mass is 28.3. The summed E-state index contributed by atoms with van der Waals surface area (Å²) in [5, 5.41) is 3.67. The molecular formula is C30H50N4O4Si. The van der Waals surface area contributed by atoms with Gasteiger partial charge in [0.2, 0.25) is 0 Å². The lowest BCUT2D eigenvalue weighted by molar-refractivity contribution is -0.0161. The molecule has 1 N–H and O–H groups in total. The van der Waals surface area contributed by atoms with Crippen LogP contribution in [0.25, 0.3) is 11.0 Å². The third-order valence-corrected chi connectivity index (χ3v) is 10.3. The molecule has 2 aliphatic rings. The van der Waals surface area contributed by atoms with Crippen LogP contribution in [-0.2, 0) is 23.3 Å². The maximum atomic E-state index is 13.0. The second kappa shape index (κ2) is 11.3. The van der Waals surface area contributed by atoms with Crippen LogP contribution in [-0.4, -0.2) is 60.0 Å². The van der Waals surface area contributed by atoms with E-state index in [4.69, 9.17) is 9.47 Å². The number of ether oxygens (including phenoxy) is 2. The van der Waals surface area contributed by atoms with Gasteiger partial charge in [-0.2, -0.15) is 0 Å². The smallest absolute Gasteiger partial charge is 0.410 e. The summed E-state index contributed by atoms with van der Waals surface area (Å²) in [5.41, 5.74) is 2.79. The van der Waals surface area contributed by atoms with Crippen molar-refractivity contribution in [3.8, 4) is 0 Å². The van der Waals surface area contributed by atoms with Gasteiger partial charge in [-0.3, -0.25) is 9.13 Å². The molecule has 2 aliphatic carbocycles. The molecule has 0 bridgehead atoms. The number of benzene rings is 1. The lowest BCUT2D eigenvalue weighted by Crippen LogP contribution is -2.48. The van der Waals surface area contributed by atoms with Gasteiger partial charge in [0.15, 0.2) is 0 Å². The third-order valence-electron chi connectivity index (χ3n) is 8.65. The molecule has 0 aliphatic heterocycles. The van der Waals surface area contributed by atoms with E-state index in [2.05, 4.69) is 31.0 Å². The topological polar surface area (TPSA) is 77.7 Å². The molecule has 1 spiro atoms. The van der Waals surface area contributed by atoms with E-state index in [1.807, 2.05) is 51.9 Å². The number of aryl methyl sites for hydroxylation is 1. The lowest BCUT2D eigenvalue weighted by Gasteiger charge is -2.52. The largest absolute Gasteiger partial charge is 0.444 e. The molecule has 0 radical (unpaired) electrons. The second-order valence-electron chi connectivity index (χ2n) is 14.3. The van der Waals surface area contributed by atoms with Crippen molar-refractivity contribution in [2.24, 2.45) is 18.4 Å². The standard InChI is InChI=1S/C30H50N4O4Si/c1-29(2,3)38-28(36)32(4)23-12-14-30(15-13-23)18-22(19-30)20-31-24-10-9-11-25-26(24)33(5)27(35)34(25)21-37-16-17-39(6,7)8/h9-11,22-23,31H,12-21H2,1-8H3/t22-,23-,30?. The zero-order valence-corrected chi connectivity index (χ0v) is 26.4. The van der Waals surface area contributed by atoms with Gasteiger partial charge in [0, 0.05) is 41.4 Å². The number of para-hydroxylation sites is 1. The zero-order valence-electron chi connectivity index (χ0n) is 25.4. The summed E-state index contributed by atoms with van der Waals surface area (Å²) in [4.78, 5) is 27.3. The average molecular weight is 559 g/mol. The van der Waals surface area contributed by atoms with Crippen LogP contribution in [0.4, 0.5) is 10.5 Å². The van der Waals surface area contributed by atoms with Crippen molar-refractivity contribution >= 4 is 30.9 Å². The van der Waals surface area contributed by atoms with Gasteiger partial charge in [-0.1, -0.05) is 25.7 Å². The molecule has 4 rings (SSSR count). The first-order valence-corrected chi connectivity index (χ1v) is 18.3. The van der Waals surface area contributed by atoms with E-state index in [0.29, 0.717) is 24.7 Å². The number of fused-ring (bicyclic) bond motifs is 1. The summed E-state index contributed by atoms with van der Waals surface area (Å²) in [6.07, 6.45) is 6.68. The fourth-order valence-corrected chi connectivity index (χ4v) is 7.10. The van der Waals surface area contributed by atoms with E-state index in [9.17, 15) is 9.59 Å². The molecule has 1 aromatic carbocycles. The molecule has 2 aromatic rings. The average Bonchev–Trinajstić information content (AvgIpc) is 3.07. The molecule has 0 unspecified atom stereocenters. The molecule has 1 heterocycles. The van der Waals surface area contributed by atoms with Crippen molar-refractivity contribution in [1.82, 2.24) is 14.0 Å². The maximum absolute atomic E-state index is 13.0. The molecule has 0 atom stereocenters. The summed E-state index contributed by atoms with van der Waals surface area (Å²) in [5.74, 6) is 0.629. The Morgan fingerprint density at radius 3 is 2.46 bits per heavy atom. The normalized spacial score (nSPS) is 23.6. The summed E-state index contributed by atoms with van der Waals surface area (Å²) in [6, 6.07) is 7.46. The number of imidazole rings is 1. The van der Waals surface area contributed by atoms with Crippen LogP contribution in [0.1, 0.15) is 59.3 Å². The van der Waals surface area contributed by atoms with E-state index in [1.165, 1.54) is 25.7 Å². The first-order valence-electron chi connectivity index (χ1n) is 14.6. The zero-order chi connectivity index (χ0) is 28.6. The van der Waals surface area contributed by atoms with Crippen LogP contribution in [0.3, 0.4) is 0 Å². The monoisotopic (exact) mass is 558 g/mol. The van der Waals surface area contributed by atoms with Crippen molar-refractivity contribution in [1.29, 1.82) is 0 Å². The summed E-state index contributed by atoms with van der Waals surface area (Å²) >= 11 is 0. The Morgan fingerprint density at radius 1 is 1.18 bits per heavy atom. The minimum atomic E-state index is -1.17. The molecule has 1 amide bonds. The minimum Gasteiger partial charge on any atom is -0.444 e. The highest BCUT2D eigenvalue weighted by molar-refractivity contribution is 6.76. The Labute approximate surface area is 235 Å². The van der Waals surface area contributed by atoms with Crippen LogP contribution in [0, 0.1) is 11.3 Å². The quantitative estimate of drug-likeness (QED) is 0.290. The summed E-state index contributed by atoms with van der Waals surface area (Å²) in [7, 11) is 2.56. The number of nitrogens with one attached hydrogen (secondary N) is 1. The van der Waals surface area contributed by atoms with E-state index < -0.39 is 13.7 Å². The van der Waals surface area contributed by atoms with Crippen LogP contribution < -0.4 is 11.0 Å². The van der Waals surface area contributed by atoms with E-state index >= 15 is 0 Å². The number of carbonyl (C=O) groups excluding carboxylic acids is 1. The molecule has 9 heteroatoms. The summed E-state index contributed by atoms with van der Waals surface area (Å²) in [6.45, 7) is 14.6. The fraction of sp³-hybridized carbons (Fsp3) is 0.733. The van der Waals surface area contributed by atoms with Crippen molar-refractivity contribution < 1.29 is 14.3 Å². The van der Waals surface area contributed by atoms with Crippen molar-refractivity contribution in [3.05, 3.63) is 28.7 Å². The minimum absolute atomic E-state index is 0.0389. The number of rotatable bonds is 9. The number of carbonyl (C=O) groups is 1. The first-order chi connectivity index (χ1) is 18.2. The molecular weight excluding hydrogens is 508 g/mol. The molecule has 2 saturated carbocycles. The van der Waals surface area contributed by atoms with Crippen molar-refractivity contribution in [3.63, 3.8) is 0 Å². The van der Waals surface area contributed by atoms with Crippen LogP contribution >= 0.6 is 0 Å². The van der Waals surface area contributed by atoms with E-state index in [1.54, 1.807) is 9.13 Å². The number of amides is 1. The van der Waals surface area contributed by atoms with Crippen molar-refractivity contribution in [2.75, 3.05) is 25.5 Å². The highest BCUT2D eigenvalue weighted by Gasteiger charge is 2.46. The van der Waals surface area contributed by atoms with Gasteiger partial charge in [-0.15, -0.1) is 0 Å². The lowest BCUT2D eigenvalue weighted by atomic mass is 9.55. The molecule has 0 saturated heterocycles. The van der Waals surface area contributed by atoms with Gasteiger partial charge in [-0.25, -0.2) is 9.59 Å². The first kappa shape index (κ1) is 29.7. The van der Waals surface area contributed by atoms with Gasteiger partial charge >= 0.3 is 11.8 Å². The van der Waals surface area contributed by atoms with Crippen LogP contribution in [0.2, 0.25) is 25.7 Å². The maximum Gasteiger partial charge on any atom is 0.410 e. The number of hydrogen-bond donors (Lipinski definition) is 1. The Morgan fingerprint density at radius 2 is 1.85 bits per heavy atom. The molecule has 8 nitrogen and oxygen atoms in total. The molecule has 218 valence electrons. The third kappa shape index (κ3) is 7.09. The van der Waals surface area contributed by atoms with Crippen LogP contribution in [0.5, 0.6) is 0 Å². The molecule has 39 heavy (non-hydrogen) atoms. The molecule has 2 fully saturated rings. The summed E-state index contributed by atoms with van der Waals surface area (Å²) < 4.78 is 15.0. The Balaban J connectivity index is 1.29. The SMILES string of the molecule is Cn1c(=O)n(COCC[Si](C)(C)C)c2cccc(NC[C@H]3CC4(CC[C@H](N(C)C(=O)OC(C)(C)C)CC4)C3)c21. The highest BCUT2D eigenvalue weighted by Crippen LogP contribution is 2.55. The Hall–Kier alpha value is -2.26. The van der Waals surface area contributed by atoms with Gasteiger partial charge < -0.3 is 19.7 Å². The van der Waals surface area contributed by atoms with E-state index in [-0.39, 0.29) is 17.8 Å². The number of anilines is 1. The fourth-order valence-electron chi connectivity index (χ4n) is 6.34. The number of nitrogens with zero attached hydrogens (tertiary/aromatic N) is 3. The van der Waals surface area contributed by atoms with Gasteiger partial charge in [0.25, 0.3) is 0 Å². The predicted octanol–water partition coefficient (Wildman–Crippen LogP) is 6.27. The Bertz CT molecular complexity index is 1210. The molecule has 1 aromatic heterocycles. The number of hydrogen-bond acceptors (Lipinski definition) is 5. The predicted molar refractivity (Wildman–Crippen MR) is 161 cm³/mol. The van der Waals surface area contributed by atoms with Gasteiger partial charge in [0.05, 0.1) is 16.7 Å². The van der Waals surface area contributed by atoms with Crippen LogP contribution in [0.15, 0.2) is 23.0 Å².